The fraction of sp³-hybridized carbons (Fsp3) is 0.353. The highest BCUT2D eigenvalue weighted by molar-refractivity contribution is 7.95. The number of methoxy groups -OCH3 is 3. The van der Waals surface area contributed by atoms with Crippen molar-refractivity contribution >= 4 is 63.9 Å². The number of nitrogens with zero attached hydrogens (tertiary/aromatic N) is 1. The number of amides is 3. The van der Waals surface area contributed by atoms with Crippen molar-refractivity contribution in [1.82, 2.24) is 10.2 Å². The molecule has 1 fully saturated rings. The monoisotopic (exact) mass is 965 g/mol. The van der Waals surface area contributed by atoms with Crippen LogP contribution >= 0.6 is 7.26 Å². The van der Waals surface area contributed by atoms with E-state index in [2.05, 4.69) is 47.0 Å². The first-order valence-electron chi connectivity index (χ1n) is 22.4. The van der Waals surface area contributed by atoms with Gasteiger partial charge in [0.05, 0.1) is 56.8 Å². The fourth-order valence-electron chi connectivity index (χ4n) is 10.3. The predicted molar refractivity (Wildman–Crippen MR) is 260 cm³/mol. The molecule has 0 unspecified atom stereocenters. The summed E-state index contributed by atoms with van der Waals surface area (Å²) in [4.78, 5) is 67.8. The molecule has 0 heterocycles. The Balaban J connectivity index is 1.03. The van der Waals surface area contributed by atoms with Gasteiger partial charge in [0.2, 0.25) is 17.6 Å². The molecular weight excluding hydrogens is 908 g/mol. The van der Waals surface area contributed by atoms with Gasteiger partial charge < -0.3 is 56.1 Å². The molecule has 4 aromatic carbocycles. The van der Waals surface area contributed by atoms with Crippen molar-refractivity contribution in [3.8, 4) is 23.0 Å². The van der Waals surface area contributed by atoms with Crippen LogP contribution in [0.2, 0.25) is 0 Å². The largest absolute Gasteiger partial charge is 0.508 e. The van der Waals surface area contributed by atoms with E-state index in [-0.39, 0.29) is 42.1 Å². The van der Waals surface area contributed by atoms with E-state index in [9.17, 15) is 49.5 Å². The third-order valence-electron chi connectivity index (χ3n) is 13.8. The van der Waals surface area contributed by atoms with Crippen LogP contribution in [0.4, 0.5) is 5.69 Å². The first-order chi connectivity index (χ1) is 32.9. The minimum atomic E-state index is -3.06. The smallest absolute Gasteiger partial charge is 0.255 e. The van der Waals surface area contributed by atoms with E-state index < -0.39 is 94.6 Å². The second kappa shape index (κ2) is 20.1. The summed E-state index contributed by atoms with van der Waals surface area (Å²) in [6.07, 6.45) is 0.254. The number of phenols is 1. The van der Waals surface area contributed by atoms with Crippen molar-refractivity contribution in [3.63, 3.8) is 0 Å². The second-order valence-electron chi connectivity index (χ2n) is 17.7. The van der Waals surface area contributed by atoms with Crippen LogP contribution in [-0.2, 0) is 24.0 Å². The number of aliphatic hydroxyl groups is 4. The van der Waals surface area contributed by atoms with Gasteiger partial charge in [0, 0.05) is 30.9 Å². The van der Waals surface area contributed by atoms with Crippen LogP contribution in [0.1, 0.15) is 49.7 Å². The highest BCUT2D eigenvalue weighted by Crippen LogP contribution is 2.58. The highest BCUT2D eigenvalue weighted by Gasteiger charge is 2.68. The van der Waals surface area contributed by atoms with E-state index in [4.69, 9.17) is 19.9 Å². The number of aliphatic hydroxyl groups excluding tert-OH is 3. The number of ether oxygens (including phenoxy) is 3. The van der Waals surface area contributed by atoms with Gasteiger partial charge in [0.25, 0.3) is 5.91 Å². The summed E-state index contributed by atoms with van der Waals surface area (Å²) < 4.78 is 16.5. The second-order valence-corrected chi connectivity index (χ2v) is 21.3. The molecule has 364 valence electrons. The Morgan fingerprint density at radius 3 is 1.77 bits per heavy atom. The number of Topliss-reactive ketones (excluding diaryl/α,β-unsaturated/α-hetero) is 2. The molecule has 17 nitrogen and oxygen atoms in total. The number of carbonyl (C=O) groups is 5. The number of carbonyl (C=O) groups excluding carboxylic acids is 5. The molecule has 0 aromatic heterocycles. The molecule has 0 spiro atoms. The van der Waals surface area contributed by atoms with Crippen molar-refractivity contribution < 1.29 is 63.7 Å². The molecular formula is C51H58N4O13P+. The standard InChI is InChI=1S/C51H57N4O13P/c1-27-34-22-23-35(44(58)39(34)45(59)40-38(27)46(60)42-43(55(2)3)47(61)41(50(52)64)49(63)51(42,65)48(40)62)54-37(57)24-25-53-36(56)9-7-8-26-69(31-16-10-28(66-4)11-17-31,32-18-12-29(67-5)13-19-32)33-20-14-30(68-6)15-21-33/h10-23,27,38,42-43,46,60,65H,7-9,24-26H2,1-6H3,(H6-,52,53,54,56,57,58,59,61,62,63,64)/p+1/t27-,38+,42+,43-,46-,51-/m0/s1. The number of benzene rings is 4. The maximum atomic E-state index is 14.3. The van der Waals surface area contributed by atoms with Crippen molar-refractivity contribution in [2.45, 2.75) is 56.3 Å². The molecule has 4 aromatic rings. The van der Waals surface area contributed by atoms with Gasteiger partial charge in [-0.05, 0) is 117 Å². The maximum Gasteiger partial charge on any atom is 0.255 e. The van der Waals surface area contributed by atoms with E-state index in [0.717, 1.165) is 39.3 Å². The summed E-state index contributed by atoms with van der Waals surface area (Å²) in [5.41, 5.74) is 0.639. The molecule has 0 aliphatic heterocycles. The van der Waals surface area contributed by atoms with Crippen molar-refractivity contribution in [2.75, 3.05) is 53.4 Å². The maximum absolute atomic E-state index is 14.3. The summed E-state index contributed by atoms with van der Waals surface area (Å²) in [7, 11) is 5.43. The molecule has 3 aliphatic carbocycles. The number of primary amides is 1. The number of likely N-dealkylation sites (N-methyl/N-ethyl adjacent to an activating group) is 1. The number of hydrogen-bond donors (Lipinski definition) is 8. The summed E-state index contributed by atoms with van der Waals surface area (Å²) in [6.45, 7) is 1.58. The topological polar surface area (TPSA) is 268 Å². The Morgan fingerprint density at radius 2 is 1.29 bits per heavy atom. The van der Waals surface area contributed by atoms with Gasteiger partial charge in [-0.1, -0.05) is 13.0 Å². The van der Waals surface area contributed by atoms with E-state index in [0.29, 0.717) is 12.8 Å². The SMILES string of the molecule is COc1ccc([P+](CCCCC(=O)NCCC(=O)Nc2ccc3c(c2O)C(O)=C2C(=O)[C@]4(O)C(O)=C(C(N)=O)C(=O)[C@@H](N(C)C)[C@@H]4[C@@H](O)[C@@H]2[C@H]3C)(c2ccc(OC)cc2)c2ccc(OC)cc2)cc1. The molecule has 3 aliphatic rings. The van der Waals surface area contributed by atoms with Gasteiger partial charge in [0.15, 0.2) is 11.4 Å². The number of fused-ring (bicyclic) bond motifs is 3. The fourth-order valence-corrected chi connectivity index (χ4v) is 14.7. The molecule has 7 rings (SSSR count). The molecule has 0 saturated heterocycles. The minimum Gasteiger partial charge on any atom is -0.508 e. The zero-order valence-corrected chi connectivity index (χ0v) is 40.1. The van der Waals surface area contributed by atoms with Gasteiger partial charge in [-0.15, -0.1) is 0 Å². The van der Waals surface area contributed by atoms with E-state index >= 15 is 0 Å². The number of nitrogens with two attached hydrogens (primary N) is 1. The zero-order valence-electron chi connectivity index (χ0n) is 39.2. The third-order valence-corrected chi connectivity index (χ3v) is 18.3. The summed E-state index contributed by atoms with van der Waals surface area (Å²) in [5, 5.41) is 67.0. The Morgan fingerprint density at radius 1 is 0.768 bits per heavy atom. The number of rotatable bonds is 17. The van der Waals surface area contributed by atoms with E-state index in [1.807, 2.05) is 36.4 Å². The Labute approximate surface area is 399 Å². The molecule has 0 radical (unpaired) electrons. The predicted octanol–water partition coefficient (Wildman–Crippen LogP) is 3.13. The van der Waals surface area contributed by atoms with Gasteiger partial charge >= 0.3 is 0 Å². The van der Waals surface area contributed by atoms with Crippen LogP contribution in [0.3, 0.4) is 0 Å². The number of ketones is 2. The average molecular weight is 966 g/mol. The Hall–Kier alpha value is -6.78. The van der Waals surface area contributed by atoms with Crippen LogP contribution < -0.4 is 46.5 Å². The molecule has 1 saturated carbocycles. The van der Waals surface area contributed by atoms with Crippen LogP contribution in [-0.4, -0.2) is 126 Å². The van der Waals surface area contributed by atoms with Crippen LogP contribution in [0, 0.1) is 11.8 Å². The lowest BCUT2D eigenvalue weighted by atomic mass is 9.54. The molecule has 3 amide bonds. The first-order valence-corrected chi connectivity index (χ1v) is 24.4. The highest BCUT2D eigenvalue weighted by atomic mass is 31.2. The number of hydrogen-bond acceptors (Lipinski definition) is 14. The number of unbranched alkanes of at least 4 members (excludes halogenated alkanes) is 1. The van der Waals surface area contributed by atoms with Crippen molar-refractivity contribution in [2.24, 2.45) is 17.6 Å². The van der Waals surface area contributed by atoms with Crippen LogP contribution in [0.15, 0.2) is 102 Å². The number of aromatic hydroxyl groups is 1. The van der Waals surface area contributed by atoms with Gasteiger partial charge in [0.1, 0.15) is 63.3 Å². The van der Waals surface area contributed by atoms with Gasteiger partial charge in [-0.2, -0.15) is 0 Å². The van der Waals surface area contributed by atoms with E-state index in [1.165, 1.54) is 31.1 Å². The molecule has 0 bridgehead atoms. The lowest BCUT2D eigenvalue weighted by molar-refractivity contribution is -0.169. The Bertz CT molecular complexity index is 2610. The zero-order chi connectivity index (χ0) is 50.1. The molecule has 69 heavy (non-hydrogen) atoms. The normalized spacial score (nSPS) is 22.1. The lowest BCUT2D eigenvalue weighted by Crippen LogP contribution is -2.70. The number of nitrogens with one attached hydrogen (secondary N) is 2. The van der Waals surface area contributed by atoms with Crippen molar-refractivity contribution in [1.29, 1.82) is 0 Å². The molecule has 9 N–H and O–H groups in total. The Kier molecular flexibility index (Phi) is 14.6. The summed E-state index contributed by atoms with van der Waals surface area (Å²) >= 11 is 0. The minimum absolute atomic E-state index is 0.0300. The van der Waals surface area contributed by atoms with Gasteiger partial charge in [-0.3, -0.25) is 28.9 Å². The number of phenolic OH excluding ortho intramolecular Hbond substituents is 1. The van der Waals surface area contributed by atoms with E-state index in [1.54, 1.807) is 28.3 Å². The summed E-state index contributed by atoms with van der Waals surface area (Å²) in [6, 6.07) is 25.7. The first kappa shape index (κ1) is 50.1. The quantitative estimate of drug-likeness (QED) is 0.0327. The third kappa shape index (κ3) is 8.80. The number of anilines is 1. The van der Waals surface area contributed by atoms with Crippen molar-refractivity contribution in [3.05, 3.63) is 113 Å². The van der Waals surface area contributed by atoms with Crippen LogP contribution in [0.5, 0.6) is 23.0 Å². The van der Waals surface area contributed by atoms with Crippen LogP contribution in [0.25, 0.3) is 5.76 Å². The molecule has 18 heteroatoms. The average Bonchev–Trinajstić information content (AvgIpc) is 3.33. The molecule has 6 atom stereocenters. The lowest BCUT2D eigenvalue weighted by Gasteiger charge is -2.53. The summed E-state index contributed by atoms with van der Waals surface area (Å²) in [5.74, 6) is -8.92. The van der Waals surface area contributed by atoms with Gasteiger partial charge in [-0.25, -0.2) is 0 Å².